The molecule has 2 atom stereocenters. The van der Waals surface area contributed by atoms with Crippen LogP contribution in [0, 0.1) is 11.8 Å². The molecular weight excluding hydrogens is 278 g/mol. The first-order chi connectivity index (χ1) is 10.8. The number of para-hydroxylation sites is 1. The standard InChI is InChI=1S/C17H23N3O2/c21-17(12-6-2-1-3-7-12)18-20-10-13-11-22-19-16(13)14-8-4-5-9-15(14)20/h4-5,8-9,12-13,16,19H,1-3,6-7,10-11H2,(H,18,21). The zero-order valence-corrected chi connectivity index (χ0v) is 12.8. The van der Waals surface area contributed by atoms with Gasteiger partial charge < -0.3 is 4.84 Å². The summed E-state index contributed by atoms with van der Waals surface area (Å²) < 4.78 is 0. The van der Waals surface area contributed by atoms with Crippen LogP contribution < -0.4 is 15.9 Å². The number of benzene rings is 1. The highest BCUT2D eigenvalue weighted by atomic mass is 16.7. The van der Waals surface area contributed by atoms with Crippen LogP contribution in [0.5, 0.6) is 0 Å². The summed E-state index contributed by atoms with van der Waals surface area (Å²) in [7, 11) is 0. The molecule has 1 saturated carbocycles. The van der Waals surface area contributed by atoms with Crippen molar-refractivity contribution in [2.75, 3.05) is 18.2 Å². The zero-order chi connectivity index (χ0) is 14.9. The van der Waals surface area contributed by atoms with Crippen molar-refractivity contribution in [3.63, 3.8) is 0 Å². The first kappa shape index (κ1) is 14.0. The number of carbonyl (C=O) groups excluding carboxylic acids is 1. The number of carbonyl (C=O) groups is 1. The lowest BCUT2D eigenvalue weighted by Gasteiger charge is -2.37. The molecule has 5 nitrogen and oxygen atoms in total. The number of hydrogen-bond donors (Lipinski definition) is 2. The number of hydrogen-bond acceptors (Lipinski definition) is 4. The van der Waals surface area contributed by atoms with E-state index < -0.39 is 0 Å². The van der Waals surface area contributed by atoms with Crippen LogP contribution in [0.2, 0.25) is 0 Å². The van der Waals surface area contributed by atoms with Gasteiger partial charge in [-0.2, -0.15) is 5.48 Å². The largest absolute Gasteiger partial charge is 0.301 e. The minimum Gasteiger partial charge on any atom is -0.301 e. The van der Waals surface area contributed by atoms with Gasteiger partial charge in [-0.1, -0.05) is 37.5 Å². The second kappa shape index (κ2) is 5.89. The highest BCUT2D eigenvalue weighted by Gasteiger charge is 2.38. The number of hydroxylamine groups is 1. The predicted octanol–water partition coefficient (Wildman–Crippen LogP) is 2.31. The Morgan fingerprint density at radius 1 is 1.23 bits per heavy atom. The lowest BCUT2D eigenvalue weighted by molar-refractivity contribution is -0.126. The fourth-order valence-electron chi connectivity index (χ4n) is 3.94. The van der Waals surface area contributed by atoms with Crippen LogP contribution >= 0.6 is 0 Å². The van der Waals surface area contributed by atoms with Crippen LogP contribution in [0.15, 0.2) is 24.3 Å². The van der Waals surface area contributed by atoms with Gasteiger partial charge in [-0.05, 0) is 24.5 Å². The monoisotopic (exact) mass is 301 g/mol. The molecule has 1 aliphatic carbocycles. The average Bonchev–Trinajstić information content (AvgIpc) is 3.04. The first-order valence-electron chi connectivity index (χ1n) is 8.37. The van der Waals surface area contributed by atoms with Gasteiger partial charge in [-0.25, -0.2) is 0 Å². The summed E-state index contributed by atoms with van der Waals surface area (Å²) in [4.78, 5) is 18.0. The summed E-state index contributed by atoms with van der Waals surface area (Å²) in [6.07, 6.45) is 5.67. The molecule has 2 unspecified atom stereocenters. The van der Waals surface area contributed by atoms with Crippen molar-refractivity contribution in [1.29, 1.82) is 0 Å². The van der Waals surface area contributed by atoms with Crippen LogP contribution in [-0.4, -0.2) is 19.1 Å². The molecule has 22 heavy (non-hydrogen) atoms. The van der Waals surface area contributed by atoms with E-state index in [4.69, 9.17) is 4.84 Å². The fourth-order valence-corrected chi connectivity index (χ4v) is 3.94. The van der Waals surface area contributed by atoms with Crippen LogP contribution in [0.3, 0.4) is 0 Å². The molecule has 2 fully saturated rings. The summed E-state index contributed by atoms with van der Waals surface area (Å²) in [6.45, 7) is 1.49. The molecular formula is C17H23N3O2. The molecule has 2 heterocycles. The average molecular weight is 301 g/mol. The summed E-state index contributed by atoms with van der Waals surface area (Å²) in [5, 5.41) is 2.03. The van der Waals surface area contributed by atoms with Crippen molar-refractivity contribution in [2.24, 2.45) is 11.8 Å². The number of rotatable bonds is 2. The van der Waals surface area contributed by atoms with Gasteiger partial charge in [0.05, 0.1) is 18.3 Å². The lowest BCUT2D eigenvalue weighted by atomic mass is 9.88. The maximum Gasteiger partial charge on any atom is 0.241 e. The van der Waals surface area contributed by atoms with Gasteiger partial charge >= 0.3 is 0 Å². The van der Waals surface area contributed by atoms with Gasteiger partial charge in [-0.3, -0.25) is 15.2 Å². The van der Waals surface area contributed by atoms with E-state index in [-0.39, 0.29) is 17.9 Å². The molecule has 2 aliphatic heterocycles. The molecule has 0 bridgehead atoms. The molecule has 5 heteroatoms. The molecule has 0 radical (unpaired) electrons. The third-order valence-corrected chi connectivity index (χ3v) is 5.18. The Balaban J connectivity index is 1.54. The molecule has 0 aromatic heterocycles. The van der Waals surface area contributed by atoms with Crippen molar-refractivity contribution in [3.05, 3.63) is 29.8 Å². The number of amides is 1. The number of anilines is 1. The van der Waals surface area contributed by atoms with Gasteiger partial charge in [0.1, 0.15) is 0 Å². The highest BCUT2D eigenvalue weighted by molar-refractivity contribution is 5.81. The summed E-state index contributed by atoms with van der Waals surface area (Å²) in [6, 6.07) is 8.50. The van der Waals surface area contributed by atoms with E-state index in [1.165, 1.54) is 24.8 Å². The number of nitrogens with one attached hydrogen (secondary N) is 2. The Morgan fingerprint density at radius 2 is 2.05 bits per heavy atom. The minimum atomic E-state index is 0.177. The first-order valence-corrected chi connectivity index (χ1v) is 8.37. The van der Waals surface area contributed by atoms with Gasteiger partial charge in [-0.15, -0.1) is 0 Å². The molecule has 2 N–H and O–H groups in total. The number of nitrogens with zero attached hydrogens (tertiary/aromatic N) is 1. The van der Waals surface area contributed by atoms with E-state index in [0.717, 1.165) is 25.1 Å². The van der Waals surface area contributed by atoms with Gasteiger partial charge in [0.2, 0.25) is 5.91 Å². The molecule has 0 spiro atoms. The van der Waals surface area contributed by atoms with Crippen molar-refractivity contribution >= 4 is 11.6 Å². The molecule has 118 valence electrons. The second-order valence-electron chi connectivity index (χ2n) is 6.65. The fraction of sp³-hybridized carbons (Fsp3) is 0.588. The van der Waals surface area contributed by atoms with Crippen LogP contribution in [0.1, 0.15) is 43.7 Å². The number of fused-ring (bicyclic) bond motifs is 3. The van der Waals surface area contributed by atoms with Crippen molar-refractivity contribution < 1.29 is 9.63 Å². The summed E-state index contributed by atoms with van der Waals surface area (Å²) in [5.41, 5.74) is 8.58. The normalized spacial score (nSPS) is 28.1. The zero-order valence-electron chi connectivity index (χ0n) is 12.8. The van der Waals surface area contributed by atoms with E-state index >= 15 is 0 Å². The van der Waals surface area contributed by atoms with E-state index in [0.29, 0.717) is 12.5 Å². The summed E-state index contributed by atoms with van der Waals surface area (Å²) in [5.74, 6) is 0.734. The Kier molecular flexibility index (Phi) is 3.76. The number of hydrazine groups is 1. The molecule has 1 saturated heterocycles. The Morgan fingerprint density at radius 3 is 2.91 bits per heavy atom. The van der Waals surface area contributed by atoms with E-state index in [9.17, 15) is 4.79 Å². The van der Waals surface area contributed by atoms with E-state index in [1.807, 2.05) is 17.1 Å². The summed E-state index contributed by atoms with van der Waals surface area (Å²) >= 11 is 0. The molecule has 3 aliphatic rings. The Labute approximate surface area is 130 Å². The van der Waals surface area contributed by atoms with E-state index in [2.05, 4.69) is 23.0 Å². The minimum absolute atomic E-state index is 0.177. The topological polar surface area (TPSA) is 53.6 Å². The smallest absolute Gasteiger partial charge is 0.241 e. The Hall–Kier alpha value is -1.59. The second-order valence-corrected chi connectivity index (χ2v) is 6.65. The molecule has 1 aromatic rings. The van der Waals surface area contributed by atoms with E-state index in [1.54, 1.807) is 0 Å². The van der Waals surface area contributed by atoms with Gasteiger partial charge in [0.25, 0.3) is 0 Å². The molecule has 1 aromatic carbocycles. The quantitative estimate of drug-likeness (QED) is 0.880. The Bertz CT molecular complexity index is 557. The van der Waals surface area contributed by atoms with Gasteiger partial charge in [0.15, 0.2) is 0 Å². The van der Waals surface area contributed by atoms with Crippen molar-refractivity contribution in [2.45, 2.75) is 38.1 Å². The molecule has 1 amide bonds. The van der Waals surface area contributed by atoms with Crippen LogP contribution in [0.4, 0.5) is 5.69 Å². The van der Waals surface area contributed by atoms with Crippen LogP contribution in [0.25, 0.3) is 0 Å². The third kappa shape index (κ3) is 2.48. The van der Waals surface area contributed by atoms with Crippen LogP contribution in [-0.2, 0) is 9.63 Å². The van der Waals surface area contributed by atoms with Crippen molar-refractivity contribution in [3.8, 4) is 0 Å². The maximum atomic E-state index is 12.6. The third-order valence-electron chi connectivity index (χ3n) is 5.18. The highest BCUT2D eigenvalue weighted by Crippen LogP contribution is 2.38. The maximum absolute atomic E-state index is 12.6. The predicted molar refractivity (Wildman–Crippen MR) is 83.8 cm³/mol. The molecule has 4 rings (SSSR count). The SMILES string of the molecule is O=C(NN1CC2CONC2c2ccccc21)C1CCCCC1. The lowest BCUT2D eigenvalue weighted by Crippen LogP contribution is -2.51. The van der Waals surface area contributed by atoms with Crippen molar-refractivity contribution in [1.82, 2.24) is 10.9 Å². The van der Waals surface area contributed by atoms with Gasteiger partial charge in [0, 0.05) is 18.4 Å².